The van der Waals surface area contributed by atoms with E-state index in [-0.39, 0.29) is 35.6 Å². The Labute approximate surface area is 149 Å². The lowest BCUT2D eigenvalue weighted by Gasteiger charge is -2.30. The third kappa shape index (κ3) is 3.58. The van der Waals surface area contributed by atoms with E-state index in [9.17, 15) is 14.0 Å². The number of nitrogens with one attached hydrogen (secondary N) is 1. The van der Waals surface area contributed by atoms with Gasteiger partial charge in [0.05, 0.1) is 12.2 Å². The minimum atomic E-state index is -0.483. The number of anilines is 2. The van der Waals surface area contributed by atoms with E-state index in [4.69, 9.17) is 16.3 Å². The third-order valence-electron chi connectivity index (χ3n) is 3.88. The van der Waals surface area contributed by atoms with Crippen LogP contribution >= 0.6 is 11.6 Å². The molecule has 0 atom stereocenters. The summed E-state index contributed by atoms with van der Waals surface area (Å²) < 4.78 is 19.5. The number of fused-ring (bicyclic) bond motifs is 1. The number of benzene rings is 2. The zero-order valence-electron chi connectivity index (χ0n) is 13.5. The summed E-state index contributed by atoms with van der Waals surface area (Å²) in [5.74, 6) is -0.456. The maximum absolute atomic E-state index is 14.1. The molecule has 0 aliphatic carbocycles. The molecule has 2 aromatic carbocycles. The molecule has 2 amide bonds. The lowest BCUT2D eigenvalue weighted by atomic mass is 10.1. The van der Waals surface area contributed by atoms with Gasteiger partial charge in [-0.15, -0.1) is 0 Å². The topological polar surface area (TPSA) is 58.6 Å². The van der Waals surface area contributed by atoms with Crippen molar-refractivity contribution in [3.63, 3.8) is 0 Å². The van der Waals surface area contributed by atoms with Crippen LogP contribution in [-0.2, 0) is 16.1 Å². The Balaban J connectivity index is 1.97. The van der Waals surface area contributed by atoms with Crippen LogP contribution in [-0.4, -0.2) is 18.4 Å². The first-order valence-electron chi connectivity index (χ1n) is 7.79. The fourth-order valence-corrected chi connectivity index (χ4v) is 2.77. The van der Waals surface area contributed by atoms with E-state index in [2.05, 4.69) is 5.32 Å². The van der Waals surface area contributed by atoms with Crippen LogP contribution in [0.25, 0.3) is 0 Å². The quantitative estimate of drug-likeness (QED) is 0.901. The van der Waals surface area contributed by atoms with Crippen LogP contribution in [0, 0.1) is 5.82 Å². The minimum absolute atomic E-state index is 0.0219. The molecule has 7 heteroatoms. The van der Waals surface area contributed by atoms with Crippen molar-refractivity contribution in [1.82, 2.24) is 0 Å². The molecule has 1 heterocycles. The van der Waals surface area contributed by atoms with Gasteiger partial charge in [0.1, 0.15) is 11.6 Å². The predicted octanol–water partition coefficient (Wildman–Crippen LogP) is 3.75. The van der Waals surface area contributed by atoms with Crippen molar-refractivity contribution in [3.05, 3.63) is 52.8 Å². The number of hydrogen-bond donors (Lipinski definition) is 1. The first-order valence-corrected chi connectivity index (χ1v) is 8.17. The first kappa shape index (κ1) is 17.2. The number of nitrogens with zero attached hydrogens (tertiary/aromatic N) is 1. The molecule has 0 spiro atoms. The van der Waals surface area contributed by atoms with Crippen LogP contribution in [0.1, 0.15) is 18.9 Å². The lowest BCUT2D eigenvalue weighted by Crippen LogP contribution is -2.38. The van der Waals surface area contributed by atoms with E-state index in [0.717, 1.165) is 0 Å². The minimum Gasteiger partial charge on any atom is -0.482 e. The predicted molar refractivity (Wildman–Crippen MR) is 93.5 cm³/mol. The number of ether oxygens (including phenoxy) is 1. The van der Waals surface area contributed by atoms with Crippen molar-refractivity contribution < 1.29 is 18.7 Å². The van der Waals surface area contributed by atoms with Crippen molar-refractivity contribution in [2.45, 2.75) is 19.9 Å². The normalized spacial score (nSPS) is 13.2. The summed E-state index contributed by atoms with van der Waals surface area (Å²) in [5, 5.41) is 2.98. The van der Waals surface area contributed by atoms with E-state index in [1.807, 2.05) is 0 Å². The van der Waals surface area contributed by atoms with Gasteiger partial charge in [-0.3, -0.25) is 9.59 Å². The maximum atomic E-state index is 14.1. The summed E-state index contributed by atoms with van der Waals surface area (Å²) >= 11 is 6.08. The Hall–Kier alpha value is -2.60. The van der Waals surface area contributed by atoms with E-state index in [0.29, 0.717) is 23.5 Å². The van der Waals surface area contributed by atoms with Gasteiger partial charge < -0.3 is 15.0 Å². The van der Waals surface area contributed by atoms with Crippen molar-refractivity contribution in [2.75, 3.05) is 16.8 Å². The van der Waals surface area contributed by atoms with Crippen LogP contribution in [0.2, 0.25) is 5.02 Å². The summed E-state index contributed by atoms with van der Waals surface area (Å²) in [5.41, 5.74) is 1.23. The summed E-state index contributed by atoms with van der Waals surface area (Å²) in [7, 11) is 0. The van der Waals surface area contributed by atoms with Crippen molar-refractivity contribution in [2.24, 2.45) is 0 Å². The summed E-state index contributed by atoms with van der Waals surface area (Å²) in [4.78, 5) is 25.3. The number of rotatable bonds is 4. The fraction of sp³-hybridized carbons (Fsp3) is 0.222. The van der Waals surface area contributed by atoms with Crippen LogP contribution in [0.3, 0.4) is 0 Å². The molecule has 2 aromatic rings. The zero-order chi connectivity index (χ0) is 18.0. The summed E-state index contributed by atoms with van der Waals surface area (Å²) in [6.07, 6.45) is 0.334. The van der Waals surface area contributed by atoms with Gasteiger partial charge >= 0.3 is 0 Å². The average molecular weight is 363 g/mol. The molecule has 1 N–H and O–H groups in total. The standard InChI is InChI=1S/C18H16ClFN2O3/c1-2-17(23)21-11-6-7-16-15(8-11)22(18(24)10-25-16)9-12-13(19)4-3-5-14(12)20/h3-8H,2,9-10H2,1H3,(H,21,23). The van der Waals surface area contributed by atoms with E-state index in [1.165, 1.54) is 17.0 Å². The van der Waals surface area contributed by atoms with Crippen LogP contribution in [0.4, 0.5) is 15.8 Å². The van der Waals surface area contributed by atoms with Gasteiger partial charge in [0.15, 0.2) is 6.61 Å². The molecular formula is C18H16ClFN2O3. The average Bonchev–Trinajstić information content (AvgIpc) is 2.59. The molecule has 3 rings (SSSR count). The molecule has 5 nitrogen and oxygen atoms in total. The molecule has 0 saturated heterocycles. The molecule has 0 saturated carbocycles. The maximum Gasteiger partial charge on any atom is 0.265 e. The number of carbonyl (C=O) groups excluding carboxylic acids is 2. The zero-order valence-corrected chi connectivity index (χ0v) is 14.3. The molecule has 25 heavy (non-hydrogen) atoms. The molecule has 0 fully saturated rings. The third-order valence-corrected chi connectivity index (χ3v) is 4.24. The number of hydrogen-bond acceptors (Lipinski definition) is 3. The van der Waals surface area contributed by atoms with Crippen LogP contribution < -0.4 is 15.0 Å². The van der Waals surface area contributed by atoms with Gasteiger partial charge in [-0.1, -0.05) is 24.6 Å². The fourth-order valence-electron chi connectivity index (χ4n) is 2.54. The second-order valence-corrected chi connectivity index (χ2v) is 5.96. The molecule has 0 aromatic heterocycles. The van der Waals surface area contributed by atoms with Gasteiger partial charge in [0.25, 0.3) is 5.91 Å². The second-order valence-electron chi connectivity index (χ2n) is 5.55. The molecule has 0 unspecified atom stereocenters. The summed E-state index contributed by atoms with van der Waals surface area (Å²) in [6.45, 7) is 1.58. The highest BCUT2D eigenvalue weighted by Crippen LogP contribution is 2.36. The smallest absolute Gasteiger partial charge is 0.265 e. The molecular weight excluding hydrogens is 347 g/mol. The van der Waals surface area contributed by atoms with Gasteiger partial charge in [-0.25, -0.2) is 4.39 Å². The lowest BCUT2D eigenvalue weighted by molar-refractivity contribution is -0.121. The largest absolute Gasteiger partial charge is 0.482 e. The second kappa shape index (κ2) is 7.11. The number of amides is 2. The van der Waals surface area contributed by atoms with Crippen LogP contribution in [0.15, 0.2) is 36.4 Å². The van der Waals surface area contributed by atoms with E-state index in [1.54, 1.807) is 31.2 Å². The highest BCUT2D eigenvalue weighted by atomic mass is 35.5. The van der Waals surface area contributed by atoms with Gasteiger partial charge in [0, 0.05) is 22.7 Å². The highest BCUT2D eigenvalue weighted by Gasteiger charge is 2.27. The monoisotopic (exact) mass is 362 g/mol. The molecule has 1 aliphatic heterocycles. The van der Waals surface area contributed by atoms with Gasteiger partial charge in [-0.2, -0.15) is 0 Å². The van der Waals surface area contributed by atoms with Crippen molar-refractivity contribution >= 4 is 34.8 Å². The Morgan fingerprint density at radius 2 is 2.16 bits per heavy atom. The van der Waals surface area contributed by atoms with Crippen molar-refractivity contribution in [3.8, 4) is 5.75 Å². The molecule has 130 valence electrons. The van der Waals surface area contributed by atoms with Crippen molar-refractivity contribution in [1.29, 1.82) is 0 Å². The number of halogens is 2. The first-order chi connectivity index (χ1) is 12.0. The molecule has 1 aliphatic rings. The van der Waals surface area contributed by atoms with E-state index >= 15 is 0 Å². The molecule has 0 radical (unpaired) electrons. The van der Waals surface area contributed by atoms with E-state index < -0.39 is 5.82 Å². The number of carbonyl (C=O) groups is 2. The van der Waals surface area contributed by atoms with Gasteiger partial charge in [0.2, 0.25) is 5.91 Å². The Kier molecular flexibility index (Phi) is 4.90. The Bertz CT molecular complexity index is 821. The SMILES string of the molecule is CCC(=O)Nc1ccc2c(c1)N(Cc1c(F)cccc1Cl)C(=O)CO2. The Morgan fingerprint density at radius 3 is 2.88 bits per heavy atom. The van der Waals surface area contributed by atoms with Gasteiger partial charge in [-0.05, 0) is 30.3 Å². The Morgan fingerprint density at radius 1 is 1.36 bits per heavy atom. The molecule has 0 bridgehead atoms. The van der Waals surface area contributed by atoms with Crippen LogP contribution in [0.5, 0.6) is 5.75 Å². The summed E-state index contributed by atoms with van der Waals surface area (Å²) in [6, 6.07) is 9.37. The highest BCUT2D eigenvalue weighted by molar-refractivity contribution is 6.31.